The predicted molar refractivity (Wildman–Crippen MR) is 124 cm³/mol. The Morgan fingerprint density at radius 2 is 1.85 bits per heavy atom. The van der Waals surface area contributed by atoms with Crippen LogP contribution in [0, 0.1) is 0 Å². The van der Waals surface area contributed by atoms with E-state index in [1.165, 1.54) is 0 Å². The molecule has 1 atom stereocenters. The van der Waals surface area contributed by atoms with E-state index in [0.29, 0.717) is 25.1 Å². The number of fused-ring (bicyclic) bond motifs is 4. The van der Waals surface area contributed by atoms with E-state index in [9.17, 15) is 14.4 Å². The molecule has 1 saturated heterocycles. The van der Waals surface area contributed by atoms with Crippen molar-refractivity contribution in [1.82, 2.24) is 10.2 Å². The Hall–Kier alpha value is -4.13. The third kappa shape index (κ3) is 3.24. The molecule has 0 spiro atoms. The highest BCUT2D eigenvalue weighted by Crippen LogP contribution is 2.32. The summed E-state index contributed by atoms with van der Waals surface area (Å²) < 4.78 is 6.11. The van der Waals surface area contributed by atoms with Gasteiger partial charge in [-0.05, 0) is 36.2 Å². The van der Waals surface area contributed by atoms with Gasteiger partial charge in [0, 0.05) is 47.1 Å². The average molecular weight is 439 g/mol. The predicted octanol–water partition coefficient (Wildman–Crippen LogP) is 3.96. The molecule has 2 aliphatic heterocycles. The number of furan rings is 1. The van der Waals surface area contributed by atoms with Crippen molar-refractivity contribution >= 4 is 45.3 Å². The largest absolute Gasteiger partial charge is 0.456 e. The first-order valence-corrected chi connectivity index (χ1v) is 11.0. The van der Waals surface area contributed by atoms with Crippen LogP contribution >= 0.6 is 0 Å². The molecule has 1 aromatic heterocycles. The molecule has 7 heteroatoms. The molecule has 1 fully saturated rings. The zero-order chi connectivity index (χ0) is 22.5. The molecule has 7 nitrogen and oxygen atoms in total. The van der Waals surface area contributed by atoms with Crippen LogP contribution < -0.4 is 10.6 Å². The molecule has 2 N–H and O–H groups in total. The van der Waals surface area contributed by atoms with Gasteiger partial charge in [0.05, 0.1) is 0 Å². The number of nitrogens with one attached hydrogen (secondary N) is 2. The first kappa shape index (κ1) is 19.5. The summed E-state index contributed by atoms with van der Waals surface area (Å²) in [5, 5.41) is 7.96. The normalized spacial score (nSPS) is 18.1. The highest BCUT2D eigenvalue weighted by molar-refractivity contribution is 6.06. The lowest BCUT2D eigenvalue weighted by molar-refractivity contribution is -0.136. The van der Waals surface area contributed by atoms with Crippen molar-refractivity contribution in [2.45, 2.75) is 32.0 Å². The fourth-order valence-electron chi connectivity index (χ4n) is 4.83. The third-order valence-corrected chi connectivity index (χ3v) is 6.49. The number of carbonyl (C=O) groups excluding carboxylic acids is 3. The maximum absolute atomic E-state index is 12.9. The van der Waals surface area contributed by atoms with Gasteiger partial charge in [-0.3, -0.25) is 19.7 Å². The van der Waals surface area contributed by atoms with Crippen molar-refractivity contribution in [2.75, 3.05) is 5.32 Å². The first-order chi connectivity index (χ1) is 16.1. The summed E-state index contributed by atoms with van der Waals surface area (Å²) in [6.07, 6.45) is 0.605. The maximum atomic E-state index is 12.9. The van der Waals surface area contributed by atoms with Crippen molar-refractivity contribution in [3.05, 3.63) is 77.4 Å². The van der Waals surface area contributed by atoms with Gasteiger partial charge in [-0.25, -0.2) is 0 Å². The van der Waals surface area contributed by atoms with Crippen LogP contribution in [0.2, 0.25) is 0 Å². The molecule has 0 bridgehead atoms. The number of benzene rings is 3. The van der Waals surface area contributed by atoms with E-state index >= 15 is 0 Å². The fourth-order valence-corrected chi connectivity index (χ4v) is 4.83. The Morgan fingerprint density at radius 3 is 2.73 bits per heavy atom. The van der Waals surface area contributed by atoms with Crippen LogP contribution in [0.15, 0.2) is 65.1 Å². The minimum Gasteiger partial charge on any atom is -0.456 e. The Labute approximate surface area is 189 Å². The second kappa shape index (κ2) is 7.48. The number of amides is 3. The van der Waals surface area contributed by atoms with Gasteiger partial charge in [-0.1, -0.05) is 36.4 Å². The van der Waals surface area contributed by atoms with Crippen LogP contribution in [-0.4, -0.2) is 28.7 Å². The zero-order valence-corrected chi connectivity index (χ0v) is 17.8. The number of hydrogen-bond acceptors (Lipinski definition) is 5. The van der Waals surface area contributed by atoms with E-state index in [1.54, 1.807) is 11.0 Å². The Balaban J connectivity index is 1.22. The van der Waals surface area contributed by atoms with Gasteiger partial charge in [-0.2, -0.15) is 0 Å². The summed E-state index contributed by atoms with van der Waals surface area (Å²) in [6, 6.07) is 19.2. The summed E-state index contributed by atoms with van der Waals surface area (Å²) in [6.45, 7) is 0.926. The number of para-hydroxylation sites is 2. The Kier molecular flexibility index (Phi) is 4.43. The quantitative estimate of drug-likeness (QED) is 0.470. The Morgan fingerprint density at radius 1 is 1.00 bits per heavy atom. The number of rotatable bonds is 4. The van der Waals surface area contributed by atoms with Crippen molar-refractivity contribution in [3.8, 4) is 0 Å². The highest BCUT2D eigenvalue weighted by atomic mass is 16.3. The molecule has 2 aliphatic rings. The van der Waals surface area contributed by atoms with Crippen LogP contribution in [0.3, 0.4) is 0 Å². The maximum Gasteiger partial charge on any atom is 0.255 e. The van der Waals surface area contributed by atoms with Crippen LogP contribution in [0.1, 0.15) is 34.3 Å². The summed E-state index contributed by atoms with van der Waals surface area (Å²) in [7, 11) is 0. The monoisotopic (exact) mass is 439 g/mol. The van der Waals surface area contributed by atoms with E-state index in [4.69, 9.17) is 4.42 Å². The topological polar surface area (TPSA) is 91.7 Å². The van der Waals surface area contributed by atoms with E-state index in [-0.39, 0.29) is 18.2 Å². The summed E-state index contributed by atoms with van der Waals surface area (Å²) in [5.74, 6) is -0.853. The Bertz CT molecular complexity index is 1450. The van der Waals surface area contributed by atoms with Gasteiger partial charge in [0.2, 0.25) is 11.8 Å². The lowest BCUT2D eigenvalue weighted by Crippen LogP contribution is -2.52. The number of nitrogens with zero attached hydrogens (tertiary/aromatic N) is 1. The minimum absolute atomic E-state index is 0.168. The van der Waals surface area contributed by atoms with Crippen molar-refractivity contribution in [3.63, 3.8) is 0 Å². The number of piperidine rings is 1. The van der Waals surface area contributed by atoms with E-state index < -0.39 is 11.9 Å². The van der Waals surface area contributed by atoms with Crippen LogP contribution in [0.25, 0.3) is 21.9 Å². The van der Waals surface area contributed by atoms with Crippen molar-refractivity contribution < 1.29 is 18.8 Å². The van der Waals surface area contributed by atoms with Gasteiger partial charge in [0.15, 0.2) is 0 Å². The lowest BCUT2D eigenvalue weighted by atomic mass is 10.0. The number of hydrogen-bond donors (Lipinski definition) is 2. The summed E-state index contributed by atoms with van der Waals surface area (Å²) >= 11 is 0. The molecular formula is C26H21N3O4. The number of carbonyl (C=O) groups is 3. The molecule has 1 unspecified atom stereocenters. The molecule has 3 aromatic carbocycles. The second-order valence-corrected chi connectivity index (χ2v) is 8.52. The van der Waals surface area contributed by atoms with E-state index in [2.05, 4.69) is 22.8 Å². The van der Waals surface area contributed by atoms with Crippen LogP contribution in [-0.2, 0) is 22.7 Å². The molecule has 0 radical (unpaired) electrons. The SMILES string of the molecule is O=C1CCC(N2Cc3cc(NCc4cccc5c4oc4ccccc45)ccc3C2=O)C(=O)N1. The van der Waals surface area contributed by atoms with Gasteiger partial charge in [-0.15, -0.1) is 0 Å². The molecular weight excluding hydrogens is 418 g/mol. The van der Waals surface area contributed by atoms with Crippen molar-refractivity contribution in [1.29, 1.82) is 0 Å². The van der Waals surface area contributed by atoms with E-state index in [0.717, 1.165) is 38.8 Å². The molecule has 4 aromatic rings. The van der Waals surface area contributed by atoms with Gasteiger partial charge in [0.1, 0.15) is 17.2 Å². The number of anilines is 1. The van der Waals surface area contributed by atoms with Crippen LogP contribution in [0.4, 0.5) is 5.69 Å². The molecule has 3 heterocycles. The lowest BCUT2D eigenvalue weighted by Gasteiger charge is -2.29. The van der Waals surface area contributed by atoms with Gasteiger partial charge >= 0.3 is 0 Å². The summed E-state index contributed by atoms with van der Waals surface area (Å²) in [4.78, 5) is 38.1. The fraction of sp³-hybridized carbons (Fsp3) is 0.192. The smallest absolute Gasteiger partial charge is 0.255 e. The van der Waals surface area contributed by atoms with E-state index in [1.807, 2.05) is 42.5 Å². The first-order valence-electron chi connectivity index (χ1n) is 11.0. The number of imide groups is 1. The second-order valence-electron chi connectivity index (χ2n) is 8.52. The van der Waals surface area contributed by atoms with Crippen LogP contribution in [0.5, 0.6) is 0 Å². The minimum atomic E-state index is -0.607. The molecule has 33 heavy (non-hydrogen) atoms. The van der Waals surface area contributed by atoms with Gasteiger partial charge in [0.25, 0.3) is 5.91 Å². The molecule has 164 valence electrons. The molecule has 0 aliphatic carbocycles. The highest BCUT2D eigenvalue weighted by Gasteiger charge is 2.39. The standard InChI is InChI=1S/C26H21N3O4/c30-23-11-10-21(25(31)28-23)29-14-16-12-17(8-9-18(16)26(29)32)27-13-15-4-3-6-20-19-5-1-2-7-22(19)33-24(15)20/h1-9,12,21,27H,10-11,13-14H2,(H,28,30,31). The zero-order valence-electron chi connectivity index (χ0n) is 17.8. The molecule has 6 rings (SSSR count). The van der Waals surface area contributed by atoms with Gasteiger partial charge < -0.3 is 14.6 Å². The molecule has 3 amide bonds. The third-order valence-electron chi connectivity index (χ3n) is 6.49. The molecule has 0 saturated carbocycles. The van der Waals surface area contributed by atoms with Crippen molar-refractivity contribution in [2.24, 2.45) is 0 Å². The summed E-state index contributed by atoms with van der Waals surface area (Å²) in [5.41, 5.74) is 5.14. The average Bonchev–Trinajstić information content (AvgIpc) is 3.36.